The van der Waals surface area contributed by atoms with Crippen molar-refractivity contribution in [3.8, 4) is 0 Å². The molecule has 84 valence electrons. The van der Waals surface area contributed by atoms with Crippen molar-refractivity contribution >= 4 is 17.1 Å². The maximum atomic E-state index is 13.5. The number of hydrogen-bond donors (Lipinski definition) is 0. The summed E-state index contributed by atoms with van der Waals surface area (Å²) in [7, 11) is 0. The third-order valence-corrected chi connectivity index (χ3v) is 3.24. The molecule has 6 heteroatoms. The number of fused-ring (bicyclic) bond motifs is 1. The molecule has 0 radical (unpaired) electrons. The van der Waals surface area contributed by atoms with E-state index in [4.69, 9.17) is 11.6 Å². The van der Waals surface area contributed by atoms with Crippen LogP contribution in [0.25, 0.3) is 5.52 Å². The Hall–Kier alpha value is -1.23. The fraction of sp³-hybridized carbons (Fsp3) is 0.500. The zero-order valence-electron chi connectivity index (χ0n) is 8.53. The zero-order chi connectivity index (χ0) is 11.1. The Bertz CT molecular complexity index is 533. The van der Waals surface area contributed by atoms with E-state index in [1.165, 1.54) is 23.6 Å². The molecule has 1 fully saturated rings. The predicted octanol–water partition coefficient (Wildman–Crippen LogP) is 2.57. The third-order valence-electron chi connectivity index (χ3n) is 3.07. The Balaban J connectivity index is 2.19. The van der Waals surface area contributed by atoms with Gasteiger partial charge in [0.2, 0.25) is 11.2 Å². The number of aromatic nitrogens is 4. The molecule has 2 heterocycles. The van der Waals surface area contributed by atoms with Crippen molar-refractivity contribution in [3.63, 3.8) is 0 Å². The normalized spacial score (nSPS) is 17.4. The van der Waals surface area contributed by atoms with Crippen LogP contribution in [0.3, 0.4) is 0 Å². The van der Waals surface area contributed by atoms with Crippen LogP contribution in [0.2, 0.25) is 5.28 Å². The van der Waals surface area contributed by atoms with E-state index in [1.54, 1.807) is 0 Å². The van der Waals surface area contributed by atoms with E-state index in [9.17, 15) is 4.39 Å². The van der Waals surface area contributed by atoms with Crippen LogP contribution in [0.15, 0.2) is 6.20 Å². The van der Waals surface area contributed by atoms with Crippen molar-refractivity contribution in [1.82, 2.24) is 19.6 Å². The topological polar surface area (TPSA) is 43.1 Å². The summed E-state index contributed by atoms with van der Waals surface area (Å²) in [5.74, 6) is 0.454. The molecular formula is C10H10ClFN4. The molecule has 16 heavy (non-hydrogen) atoms. The van der Waals surface area contributed by atoms with Gasteiger partial charge in [0.15, 0.2) is 0 Å². The van der Waals surface area contributed by atoms with Crippen molar-refractivity contribution in [3.05, 3.63) is 23.3 Å². The average molecular weight is 241 g/mol. The van der Waals surface area contributed by atoms with Crippen molar-refractivity contribution in [2.45, 2.75) is 31.6 Å². The molecule has 2 aromatic heterocycles. The first kappa shape index (κ1) is 9.96. The fourth-order valence-corrected chi connectivity index (χ4v) is 2.42. The van der Waals surface area contributed by atoms with Crippen LogP contribution in [-0.2, 0) is 0 Å². The van der Waals surface area contributed by atoms with E-state index in [1.807, 2.05) is 0 Å². The van der Waals surface area contributed by atoms with Crippen LogP contribution in [-0.4, -0.2) is 19.6 Å². The quantitative estimate of drug-likeness (QED) is 0.770. The van der Waals surface area contributed by atoms with Crippen molar-refractivity contribution in [2.24, 2.45) is 0 Å². The van der Waals surface area contributed by atoms with Gasteiger partial charge in [-0.1, -0.05) is 12.8 Å². The van der Waals surface area contributed by atoms with Crippen molar-refractivity contribution < 1.29 is 4.39 Å². The SMILES string of the molecule is Fc1nc(C2CCCC2)n2nc(Cl)ncc12. The lowest BCUT2D eigenvalue weighted by atomic mass is 10.1. The van der Waals surface area contributed by atoms with E-state index in [2.05, 4.69) is 15.1 Å². The number of rotatable bonds is 1. The lowest BCUT2D eigenvalue weighted by Crippen LogP contribution is -2.03. The van der Waals surface area contributed by atoms with Gasteiger partial charge in [0.25, 0.3) is 0 Å². The minimum absolute atomic E-state index is 0.115. The number of halogens is 2. The highest BCUT2D eigenvalue weighted by Gasteiger charge is 2.24. The van der Waals surface area contributed by atoms with Gasteiger partial charge in [0.1, 0.15) is 11.3 Å². The van der Waals surface area contributed by atoms with Crippen LogP contribution >= 0.6 is 11.6 Å². The Kier molecular flexibility index (Phi) is 2.28. The van der Waals surface area contributed by atoms with Gasteiger partial charge in [-0.25, -0.2) is 14.5 Å². The van der Waals surface area contributed by atoms with E-state index >= 15 is 0 Å². The first-order chi connectivity index (χ1) is 7.75. The van der Waals surface area contributed by atoms with Crippen LogP contribution < -0.4 is 0 Å². The van der Waals surface area contributed by atoms with Crippen LogP contribution in [0.5, 0.6) is 0 Å². The summed E-state index contributed by atoms with van der Waals surface area (Å²) in [6.45, 7) is 0. The van der Waals surface area contributed by atoms with Crippen LogP contribution in [0.1, 0.15) is 37.4 Å². The summed E-state index contributed by atoms with van der Waals surface area (Å²) in [4.78, 5) is 7.71. The molecule has 2 aromatic rings. The molecule has 0 spiro atoms. The van der Waals surface area contributed by atoms with Crippen LogP contribution in [0, 0.1) is 5.95 Å². The predicted molar refractivity (Wildman–Crippen MR) is 57.0 cm³/mol. The highest BCUT2D eigenvalue weighted by atomic mass is 35.5. The highest BCUT2D eigenvalue weighted by molar-refractivity contribution is 6.28. The second-order valence-corrected chi connectivity index (χ2v) is 4.40. The van der Waals surface area contributed by atoms with Gasteiger partial charge in [-0.15, -0.1) is 5.10 Å². The monoisotopic (exact) mass is 240 g/mol. The first-order valence-corrected chi connectivity index (χ1v) is 5.70. The third kappa shape index (κ3) is 1.46. The van der Waals surface area contributed by atoms with Gasteiger partial charge in [-0.2, -0.15) is 4.39 Å². The van der Waals surface area contributed by atoms with Gasteiger partial charge >= 0.3 is 0 Å². The smallest absolute Gasteiger partial charge is 0.223 e. The lowest BCUT2D eigenvalue weighted by molar-refractivity contribution is 0.582. The fourth-order valence-electron chi connectivity index (χ4n) is 2.30. The first-order valence-electron chi connectivity index (χ1n) is 5.32. The molecule has 0 bridgehead atoms. The summed E-state index contributed by atoms with van der Waals surface area (Å²) < 4.78 is 15.0. The maximum Gasteiger partial charge on any atom is 0.242 e. The second-order valence-electron chi connectivity index (χ2n) is 4.07. The number of hydrogen-bond acceptors (Lipinski definition) is 3. The zero-order valence-corrected chi connectivity index (χ0v) is 9.28. The Morgan fingerprint density at radius 3 is 2.88 bits per heavy atom. The second kappa shape index (κ2) is 3.66. The lowest BCUT2D eigenvalue weighted by Gasteiger charge is -2.05. The molecule has 4 nitrogen and oxygen atoms in total. The summed E-state index contributed by atoms with van der Waals surface area (Å²) in [6, 6.07) is 0. The molecule has 0 aromatic carbocycles. The summed E-state index contributed by atoms with van der Waals surface area (Å²) in [5.41, 5.74) is 0.298. The van der Waals surface area contributed by atoms with E-state index in [0.29, 0.717) is 17.3 Å². The molecule has 0 unspecified atom stereocenters. The van der Waals surface area contributed by atoms with E-state index in [0.717, 1.165) is 12.8 Å². The summed E-state index contributed by atoms with van der Waals surface area (Å²) in [5, 5.41) is 4.12. The van der Waals surface area contributed by atoms with Crippen molar-refractivity contribution in [1.29, 1.82) is 0 Å². The molecule has 0 N–H and O–H groups in total. The van der Waals surface area contributed by atoms with E-state index < -0.39 is 5.95 Å². The van der Waals surface area contributed by atoms with Gasteiger partial charge in [0.05, 0.1) is 6.20 Å². The van der Waals surface area contributed by atoms with Crippen LogP contribution in [0.4, 0.5) is 4.39 Å². The Labute approximate surface area is 96.5 Å². The maximum absolute atomic E-state index is 13.5. The molecule has 3 rings (SSSR count). The average Bonchev–Trinajstić information content (AvgIpc) is 2.86. The minimum atomic E-state index is -0.515. The standard InChI is InChI=1S/C10H10ClFN4/c11-10-13-5-7-8(12)14-9(16(7)15-10)6-3-1-2-4-6/h5-6H,1-4H2. The summed E-state index contributed by atoms with van der Waals surface area (Å²) >= 11 is 5.71. The number of nitrogens with zero attached hydrogens (tertiary/aromatic N) is 4. The number of imidazole rings is 1. The highest BCUT2D eigenvalue weighted by Crippen LogP contribution is 2.33. The van der Waals surface area contributed by atoms with Gasteiger partial charge < -0.3 is 0 Å². The molecule has 0 aliphatic heterocycles. The van der Waals surface area contributed by atoms with E-state index in [-0.39, 0.29) is 5.28 Å². The molecule has 0 saturated heterocycles. The minimum Gasteiger partial charge on any atom is -0.223 e. The summed E-state index contributed by atoms with van der Waals surface area (Å²) in [6.07, 6.45) is 5.79. The van der Waals surface area contributed by atoms with Gasteiger partial charge in [-0.05, 0) is 24.4 Å². The Morgan fingerprint density at radius 2 is 2.12 bits per heavy atom. The molecule has 1 aliphatic rings. The molecule has 0 amide bonds. The van der Waals surface area contributed by atoms with Gasteiger partial charge in [-0.3, -0.25) is 0 Å². The molecular weight excluding hydrogens is 231 g/mol. The van der Waals surface area contributed by atoms with Gasteiger partial charge in [0, 0.05) is 5.92 Å². The molecule has 1 saturated carbocycles. The Morgan fingerprint density at radius 1 is 1.38 bits per heavy atom. The largest absolute Gasteiger partial charge is 0.242 e. The molecule has 0 atom stereocenters. The molecule has 1 aliphatic carbocycles. The van der Waals surface area contributed by atoms with Crippen molar-refractivity contribution in [2.75, 3.05) is 0 Å².